The first-order valence-electron chi connectivity index (χ1n) is 5.23. The smallest absolute Gasteiger partial charge is 0.327 e. The normalized spacial score (nSPS) is 19.1. The highest BCUT2D eigenvalue weighted by molar-refractivity contribution is 7.80. The Balaban J connectivity index is 4.59. The van der Waals surface area contributed by atoms with Gasteiger partial charge in [0.25, 0.3) is 5.91 Å². The molecule has 0 unspecified atom stereocenters. The summed E-state index contributed by atoms with van der Waals surface area (Å²) in [6, 6.07) is -1.38. The molecule has 112 valence electrons. The van der Waals surface area contributed by atoms with Gasteiger partial charge in [0.1, 0.15) is 24.4 Å². The number of carboxylic acid groups (broad SMARTS) is 1. The highest BCUT2D eigenvalue weighted by Gasteiger charge is 2.35. The van der Waals surface area contributed by atoms with Crippen molar-refractivity contribution in [2.75, 3.05) is 12.4 Å². The van der Waals surface area contributed by atoms with Gasteiger partial charge in [-0.15, -0.1) is 0 Å². The number of carbonyl (C=O) groups is 2. The molecule has 0 aromatic rings. The molecule has 0 rings (SSSR count). The molecule has 0 fully saturated rings. The van der Waals surface area contributed by atoms with Crippen LogP contribution in [0.5, 0.6) is 0 Å². The van der Waals surface area contributed by atoms with E-state index in [0.29, 0.717) is 0 Å². The number of hydrogen-bond donors (Lipinski definition) is 8. The fraction of sp³-hybridized carbons (Fsp3) is 0.778. The van der Waals surface area contributed by atoms with Gasteiger partial charge in [0, 0.05) is 5.75 Å². The van der Waals surface area contributed by atoms with Gasteiger partial charge in [0.05, 0.1) is 6.61 Å². The maximum absolute atomic E-state index is 11.4. The molecule has 0 spiro atoms. The van der Waals surface area contributed by atoms with Crippen LogP contribution in [0.25, 0.3) is 0 Å². The van der Waals surface area contributed by atoms with Crippen molar-refractivity contribution in [3.05, 3.63) is 0 Å². The fourth-order valence-corrected chi connectivity index (χ4v) is 1.37. The quantitative estimate of drug-likeness (QED) is 0.209. The van der Waals surface area contributed by atoms with Gasteiger partial charge in [-0.25, -0.2) is 4.79 Å². The summed E-state index contributed by atoms with van der Waals surface area (Å²) >= 11 is 3.68. The molecule has 0 aliphatic rings. The molecule has 0 aliphatic heterocycles. The number of carboxylic acids is 1. The third-order valence-electron chi connectivity index (χ3n) is 2.32. The molecular formula is C9H17NO8S. The van der Waals surface area contributed by atoms with Gasteiger partial charge in [-0.2, -0.15) is 12.6 Å². The third kappa shape index (κ3) is 5.30. The van der Waals surface area contributed by atoms with E-state index in [2.05, 4.69) is 12.6 Å². The molecule has 7 N–H and O–H groups in total. The molecule has 0 aliphatic carbocycles. The van der Waals surface area contributed by atoms with Crippen molar-refractivity contribution in [1.82, 2.24) is 5.32 Å². The van der Waals surface area contributed by atoms with Crippen LogP contribution in [0.3, 0.4) is 0 Å². The van der Waals surface area contributed by atoms with Crippen LogP contribution in [0, 0.1) is 0 Å². The molecule has 0 bridgehead atoms. The third-order valence-corrected chi connectivity index (χ3v) is 2.69. The Hall–Kier alpha value is -0.910. The van der Waals surface area contributed by atoms with Crippen molar-refractivity contribution < 1.29 is 40.2 Å². The molecular weight excluding hydrogens is 282 g/mol. The van der Waals surface area contributed by atoms with E-state index in [1.807, 2.05) is 5.32 Å². The van der Waals surface area contributed by atoms with Crippen LogP contribution in [0.4, 0.5) is 0 Å². The molecule has 5 atom stereocenters. The Morgan fingerprint density at radius 1 is 1.11 bits per heavy atom. The van der Waals surface area contributed by atoms with Gasteiger partial charge in [0.2, 0.25) is 0 Å². The van der Waals surface area contributed by atoms with E-state index >= 15 is 0 Å². The minimum absolute atomic E-state index is 0.244. The van der Waals surface area contributed by atoms with Crippen molar-refractivity contribution >= 4 is 24.5 Å². The van der Waals surface area contributed by atoms with Crippen LogP contribution < -0.4 is 5.32 Å². The number of rotatable bonds is 8. The minimum atomic E-state index is -2.17. The van der Waals surface area contributed by atoms with Crippen molar-refractivity contribution in [1.29, 1.82) is 0 Å². The van der Waals surface area contributed by atoms with Gasteiger partial charge < -0.3 is 36.0 Å². The van der Waals surface area contributed by atoms with Gasteiger partial charge >= 0.3 is 5.97 Å². The van der Waals surface area contributed by atoms with Crippen LogP contribution >= 0.6 is 12.6 Å². The van der Waals surface area contributed by atoms with Crippen LogP contribution in [-0.2, 0) is 9.59 Å². The second-order valence-corrected chi connectivity index (χ2v) is 4.12. The molecule has 0 heterocycles. The topological polar surface area (TPSA) is 168 Å². The van der Waals surface area contributed by atoms with Gasteiger partial charge in [-0.3, -0.25) is 4.79 Å². The van der Waals surface area contributed by atoms with Crippen molar-refractivity contribution in [2.24, 2.45) is 0 Å². The van der Waals surface area contributed by atoms with Crippen LogP contribution in [0.15, 0.2) is 0 Å². The standard InChI is InChI=1S/C9H17NO8S/c11-1-4(12)5(13)6(14)7(15)8(16)10-3(2-19)9(17)18/h3-7,11-15,19H,1-2H2,(H,10,16)(H,17,18)/t3-,4-,5-,6+,7-/m1/s1. The molecule has 1 amide bonds. The number of carbonyl (C=O) groups excluding carboxylic acids is 1. The summed E-state index contributed by atoms with van der Waals surface area (Å²) in [6.07, 6.45) is -7.97. The number of aliphatic hydroxyl groups excluding tert-OH is 5. The van der Waals surface area contributed by atoms with Crippen molar-refractivity contribution in [3.63, 3.8) is 0 Å². The lowest BCUT2D eigenvalue weighted by Gasteiger charge is -2.25. The van der Waals surface area contributed by atoms with Crippen molar-refractivity contribution in [3.8, 4) is 0 Å². The summed E-state index contributed by atoms with van der Waals surface area (Å²) in [5.74, 6) is -2.88. The van der Waals surface area contributed by atoms with E-state index in [4.69, 9.17) is 15.3 Å². The Morgan fingerprint density at radius 2 is 1.63 bits per heavy atom. The van der Waals surface area contributed by atoms with Crippen LogP contribution in [0.2, 0.25) is 0 Å². The van der Waals surface area contributed by atoms with E-state index < -0.39 is 48.9 Å². The summed E-state index contributed by atoms with van der Waals surface area (Å²) < 4.78 is 0. The molecule has 0 aromatic heterocycles. The van der Waals surface area contributed by atoms with Crippen molar-refractivity contribution in [2.45, 2.75) is 30.5 Å². The summed E-state index contributed by atoms with van der Waals surface area (Å²) in [6.45, 7) is -0.888. The molecule has 0 saturated heterocycles. The highest BCUT2D eigenvalue weighted by atomic mass is 32.1. The lowest BCUT2D eigenvalue weighted by atomic mass is 10.0. The predicted molar refractivity (Wildman–Crippen MR) is 64.5 cm³/mol. The number of hydrogen-bond acceptors (Lipinski definition) is 8. The van der Waals surface area contributed by atoms with Crippen LogP contribution in [0.1, 0.15) is 0 Å². The second kappa shape index (κ2) is 8.30. The molecule has 0 saturated carbocycles. The summed E-state index contributed by atoms with van der Waals surface area (Å²) in [4.78, 5) is 22.0. The first kappa shape index (κ1) is 18.1. The Morgan fingerprint density at radius 3 is 2.00 bits per heavy atom. The monoisotopic (exact) mass is 299 g/mol. The molecule has 10 heteroatoms. The first-order chi connectivity index (χ1) is 8.76. The fourth-order valence-electron chi connectivity index (χ4n) is 1.12. The predicted octanol–water partition coefficient (Wildman–Crippen LogP) is -4.08. The van der Waals surface area contributed by atoms with E-state index in [0.717, 1.165) is 0 Å². The highest BCUT2D eigenvalue weighted by Crippen LogP contribution is 2.06. The summed E-state index contributed by atoms with van der Waals surface area (Å²) in [7, 11) is 0. The largest absolute Gasteiger partial charge is 0.480 e. The minimum Gasteiger partial charge on any atom is -0.480 e. The lowest BCUT2D eigenvalue weighted by Crippen LogP contribution is -2.54. The van der Waals surface area contributed by atoms with E-state index in [1.165, 1.54) is 0 Å². The summed E-state index contributed by atoms with van der Waals surface area (Å²) in [5, 5.41) is 56.2. The van der Waals surface area contributed by atoms with E-state index in [1.54, 1.807) is 0 Å². The van der Waals surface area contributed by atoms with E-state index in [-0.39, 0.29) is 5.75 Å². The van der Waals surface area contributed by atoms with Gasteiger partial charge in [-0.1, -0.05) is 0 Å². The number of amides is 1. The maximum Gasteiger partial charge on any atom is 0.327 e. The SMILES string of the molecule is O=C(O)[C@@H](CS)NC(=O)[C@H](O)[C@@H](O)[C@H](O)[C@H](O)CO. The Bertz CT molecular complexity index is 315. The zero-order valence-corrected chi connectivity index (χ0v) is 10.6. The number of aliphatic carboxylic acids is 1. The Labute approximate surface area is 113 Å². The second-order valence-electron chi connectivity index (χ2n) is 3.76. The molecule has 0 radical (unpaired) electrons. The number of thiol groups is 1. The maximum atomic E-state index is 11.4. The zero-order chi connectivity index (χ0) is 15.2. The van der Waals surface area contributed by atoms with Gasteiger partial charge in [0.15, 0.2) is 6.10 Å². The molecule has 0 aromatic carbocycles. The van der Waals surface area contributed by atoms with E-state index in [9.17, 15) is 24.9 Å². The average Bonchev–Trinajstić information content (AvgIpc) is 2.40. The molecule has 19 heavy (non-hydrogen) atoms. The lowest BCUT2D eigenvalue weighted by molar-refractivity contribution is -0.152. The number of aliphatic hydroxyl groups is 5. The zero-order valence-electron chi connectivity index (χ0n) is 9.75. The Kier molecular flexibility index (Phi) is 7.90. The number of nitrogens with one attached hydrogen (secondary N) is 1. The van der Waals surface area contributed by atoms with Gasteiger partial charge in [-0.05, 0) is 0 Å². The average molecular weight is 299 g/mol. The first-order valence-corrected chi connectivity index (χ1v) is 5.86. The molecule has 9 nitrogen and oxygen atoms in total. The summed E-state index contributed by atoms with van der Waals surface area (Å²) in [5.41, 5.74) is 0. The van der Waals surface area contributed by atoms with Crippen LogP contribution in [-0.4, -0.2) is 85.3 Å².